The van der Waals surface area contributed by atoms with E-state index >= 15 is 0 Å². The fourth-order valence-corrected chi connectivity index (χ4v) is 5.41. The van der Waals surface area contributed by atoms with Crippen molar-refractivity contribution in [2.24, 2.45) is 7.05 Å². The molecule has 10 heteroatoms. The molecule has 1 saturated heterocycles. The lowest BCUT2D eigenvalue weighted by Gasteiger charge is -2.22. The topological polar surface area (TPSA) is 102 Å². The summed E-state index contributed by atoms with van der Waals surface area (Å²) in [4.78, 5) is 14.8. The Hall–Kier alpha value is -2.20. The van der Waals surface area contributed by atoms with Gasteiger partial charge in [-0.2, -0.15) is 9.40 Å². The highest BCUT2D eigenvalue weighted by Gasteiger charge is 2.33. The Morgan fingerprint density at radius 3 is 2.30 bits per heavy atom. The van der Waals surface area contributed by atoms with E-state index in [1.807, 2.05) is 0 Å². The van der Waals surface area contributed by atoms with E-state index in [4.69, 9.17) is 4.52 Å². The number of sulfonamides is 1. The van der Waals surface area contributed by atoms with Crippen LogP contribution in [0.1, 0.15) is 39.6 Å². The lowest BCUT2D eigenvalue weighted by molar-refractivity contribution is 0.0762. The van der Waals surface area contributed by atoms with E-state index in [9.17, 15) is 13.2 Å². The quantitative estimate of drug-likeness (QED) is 0.773. The first kappa shape index (κ1) is 19.6. The van der Waals surface area contributed by atoms with Crippen LogP contribution in [-0.4, -0.2) is 64.6 Å². The Morgan fingerprint density at radius 2 is 1.74 bits per heavy atom. The van der Waals surface area contributed by atoms with Gasteiger partial charge < -0.3 is 9.42 Å². The zero-order valence-corrected chi connectivity index (χ0v) is 17.1. The summed E-state index contributed by atoms with van der Waals surface area (Å²) in [5.41, 5.74) is 2.11. The lowest BCUT2D eigenvalue weighted by atomic mass is 10.1. The molecule has 1 fully saturated rings. The Morgan fingerprint density at radius 1 is 1.04 bits per heavy atom. The van der Waals surface area contributed by atoms with Crippen molar-refractivity contribution in [2.75, 3.05) is 26.2 Å². The molecule has 0 bridgehead atoms. The van der Waals surface area contributed by atoms with Crippen LogP contribution in [0.5, 0.6) is 0 Å². The van der Waals surface area contributed by atoms with Gasteiger partial charge in [0.1, 0.15) is 16.2 Å². The molecular formula is C17H25N5O4S. The highest BCUT2D eigenvalue weighted by molar-refractivity contribution is 7.89. The Labute approximate surface area is 159 Å². The van der Waals surface area contributed by atoms with Crippen LogP contribution in [-0.2, 0) is 17.1 Å². The third-order valence-electron chi connectivity index (χ3n) is 5.03. The second kappa shape index (κ2) is 7.08. The van der Waals surface area contributed by atoms with Crippen molar-refractivity contribution in [3.8, 4) is 0 Å². The highest BCUT2D eigenvalue weighted by atomic mass is 32.2. The van der Waals surface area contributed by atoms with Crippen LogP contribution in [0.15, 0.2) is 9.42 Å². The van der Waals surface area contributed by atoms with Crippen LogP contribution in [0.2, 0.25) is 0 Å². The summed E-state index contributed by atoms with van der Waals surface area (Å²) in [5, 5.41) is 8.05. The molecule has 0 atom stereocenters. The molecule has 2 aromatic rings. The number of carbonyl (C=O) groups excluding carboxylic acids is 1. The number of rotatable bonds is 3. The smallest absolute Gasteiger partial charge is 0.259 e. The monoisotopic (exact) mass is 395 g/mol. The molecular weight excluding hydrogens is 370 g/mol. The Balaban J connectivity index is 1.81. The van der Waals surface area contributed by atoms with E-state index in [0.29, 0.717) is 54.5 Å². The van der Waals surface area contributed by atoms with Gasteiger partial charge in [-0.1, -0.05) is 5.16 Å². The molecule has 27 heavy (non-hydrogen) atoms. The minimum Gasteiger partial charge on any atom is -0.361 e. The van der Waals surface area contributed by atoms with Crippen LogP contribution in [0.3, 0.4) is 0 Å². The number of aryl methyl sites for hydroxylation is 4. The van der Waals surface area contributed by atoms with Crippen molar-refractivity contribution in [3.63, 3.8) is 0 Å². The molecule has 2 aromatic heterocycles. The first-order valence-electron chi connectivity index (χ1n) is 8.87. The largest absolute Gasteiger partial charge is 0.361 e. The third kappa shape index (κ3) is 3.39. The molecule has 3 rings (SSSR count). The van der Waals surface area contributed by atoms with Crippen molar-refractivity contribution >= 4 is 15.9 Å². The zero-order chi connectivity index (χ0) is 19.9. The summed E-state index contributed by atoms with van der Waals surface area (Å²) in [6, 6.07) is 0. The van der Waals surface area contributed by atoms with Crippen LogP contribution < -0.4 is 0 Å². The maximum atomic E-state index is 13.2. The van der Waals surface area contributed by atoms with E-state index in [1.165, 1.54) is 4.31 Å². The average molecular weight is 395 g/mol. The van der Waals surface area contributed by atoms with Crippen LogP contribution in [0.4, 0.5) is 0 Å². The Kier molecular flexibility index (Phi) is 5.13. The predicted molar refractivity (Wildman–Crippen MR) is 97.9 cm³/mol. The maximum Gasteiger partial charge on any atom is 0.259 e. The minimum atomic E-state index is -3.66. The normalized spacial score (nSPS) is 16.6. The third-order valence-corrected chi connectivity index (χ3v) is 7.18. The van der Waals surface area contributed by atoms with Crippen LogP contribution >= 0.6 is 0 Å². The van der Waals surface area contributed by atoms with Gasteiger partial charge in [0.2, 0.25) is 10.0 Å². The fraction of sp³-hybridized carbons (Fsp3) is 0.588. The molecule has 0 aromatic carbocycles. The number of aromatic nitrogens is 3. The molecule has 1 amide bonds. The fourth-order valence-electron chi connectivity index (χ4n) is 3.54. The molecule has 1 aliphatic heterocycles. The number of hydrogen-bond donors (Lipinski definition) is 0. The number of nitrogens with zero attached hydrogens (tertiary/aromatic N) is 5. The van der Waals surface area contributed by atoms with E-state index in [-0.39, 0.29) is 17.3 Å². The summed E-state index contributed by atoms with van der Waals surface area (Å²) < 4.78 is 34.4. The van der Waals surface area contributed by atoms with Crippen molar-refractivity contribution in [2.45, 2.75) is 39.0 Å². The van der Waals surface area contributed by atoms with Crippen molar-refractivity contribution in [1.82, 2.24) is 24.1 Å². The molecule has 0 radical (unpaired) electrons. The van der Waals surface area contributed by atoms with Crippen molar-refractivity contribution in [1.29, 1.82) is 0 Å². The SMILES string of the molecule is Cc1noc(C)c1C(=O)N1CCCN(S(=O)(=O)c2c(C)nn(C)c2C)CC1. The molecule has 0 N–H and O–H groups in total. The minimum absolute atomic E-state index is 0.167. The van der Waals surface area contributed by atoms with E-state index in [2.05, 4.69) is 10.3 Å². The molecule has 9 nitrogen and oxygen atoms in total. The number of hydrogen-bond acceptors (Lipinski definition) is 6. The lowest BCUT2D eigenvalue weighted by Crippen LogP contribution is -2.38. The summed E-state index contributed by atoms with van der Waals surface area (Å²) in [7, 11) is -1.93. The zero-order valence-electron chi connectivity index (χ0n) is 16.3. The second-order valence-corrected chi connectivity index (χ2v) is 8.75. The predicted octanol–water partition coefficient (Wildman–Crippen LogP) is 1.18. The Bertz CT molecular complexity index is 956. The molecule has 0 unspecified atom stereocenters. The second-order valence-electron chi connectivity index (χ2n) is 6.87. The average Bonchev–Trinajstić information content (AvgIpc) is 2.93. The molecule has 0 aliphatic carbocycles. The van der Waals surface area contributed by atoms with E-state index < -0.39 is 10.0 Å². The standard InChI is InChI=1S/C17H25N5O4S/c1-11-15(14(4)26-19-11)17(23)21-7-6-8-22(10-9-21)27(24,25)16-12(2)18-20(5)13(16)3/h6-10H2,1-5H3. The summed E-state index contributed by atoms with van der Waals surface area (Å²) in [6.45, 7) is 8.29. The van der Waals surface area contributed by atoms with Gasteiger partial charge >= 0.3 is 0 Å². The van der Waals surface area contributed by atoms with Crippen molar-refractivity contribution < 1.29 is 17.7 Å². The van der Waals surface area contributed by atoms with Crippen LogP contribution in [0.25, 0.3) is 0 Å². The summed E-state index contributed by atoms with van der Waals surface area (Å²) >= 11 is 0. The van der Waals surface area contributed by atoms with Gasteiger partial charge in [0.15, 0.2) is 0 Å². The van der Waals surface area contributed by atoms with Gasteiger partial charge in [-0.15, -0.1) is 0 Å². The summed E-state index contributed by atoms with van der Waals surface area (Å²) in [6.07, 6.45) is 0.562. The number of amides is 1. The number of carbonyl (C=O) groups is 1. The van der Waals surface area contributed by atoms with Gasteiger partial charge in [0.05, 0.1) is 17.1 Å². The maximum absolute atomic E-state index is 13.2. The van der Waals surface area contributed by atoms with Gasteiger partial charge in [0, 0.05) is 33.2 Å². The highest BCUT2D eigenvalue weighted by Crippen LogP contribution is 2.24. The van der Waals surface area contributed by atoms with Crippen LogP contribution in [0, 0.1) is 27.7 Å². The molecule has 0 spiro atoms. The van der Waals surface area contributed by atoms with E-state index in [0.717, 1.165) is 0 Å². The van der Waals surface area contributed by atoms with Crippen molar-refractivity contribution in [3.05, 3.63) is 28.4 Å². The first-order valence-corrected chi connectivity index (χ1v) is 10.3. The molecule has 3 heterocycles. The van der Waals surface area contributed by atoms with Gasteiger partial charge in [-0.05, 0) is 34.1 Å². The van der Waals surface area contributed by atoms with E-state index in [1.54, 1.807) is 44.3 Å². The van der Waals surface area contributed by atoms with Gasteiger partial charge in [-0.3, -0.25) is 9.48 Å². The summed E-state index contributed by atoms with van der Waals surface area (Å²) in [5.74, 6) is 0.312. The van der Waals surface area contributed by atoms with Gasteiger partial charge in [0.25, 0.3) is 5.91 Å². The van der Waals surface area contributed by atoms with Gasteiger partial charge in [-0.25, -0.2) is 8.42 Å². The molecule has 1 aliphatic rings. The molecule has 0 saturated carbocycles. The first-order chi connectivity index (χ1) is 12.6. The molecule has 148 valence electrons.